The van der Waals surface area contributed by atoms with Crippen molar-refractivity contribution in [2.24, 2.45) is 0 Å². The molecule has 0 spiro atoms. The van der Waals surface area contributed by atoms with Crippen LogP contribution in [0, 0.1) is 0 Å². The third-order valence-electron chi connectivity index (χ3n) is 2.88. The maximum atomic E-state index is 6.00. The number of benzene rings is 1. The topological polar surface area (TPSA) is 56.7 Å². The third kappa shape index (κ3) is 2.47. The Bertz CT molecular complexity index is 659. The summed E-state index contributed by atoms with van der Waals surface area (Å²) in [6.07, 6.45) is 3.59. The molecule has 2 heterocycles. The van der Waals surface area contributed by atoms with Crippen LogP contribution in [0.25, 0.3) is 11.4 Å². The molecule has 0 aliphatic heterocycles. The molecule has 2 N–H and O–H groups in total. The largest absolute Gasteiger partial charge is 0.396 e. The van der Waals surface area contributed by atoms with E-state index in [2.05, 4.69) is 22.2 Å². The van der Waals surface area contributed by atoms with Crippen LogP contribution in [0.1, 0.15) is 5.56 Å². The Morgan fingerprint density at radius 2 is 1.79 bits per heavy atom. The van der Waals surface area contributed by atoms with E-state index in [1.54, 1.807) is 6.20 Å². The molecular weight excluding hydrogens is 236 g/mol. The number of aromatic nitrogens is 3. The molecule has 0 aliphatic rings. The predicted molar refractivity (Wildman–Crippen MR) is 75.4 cm³/mol. The molecule has 0 saturated heterocycles. The van der Waals surface area contributed by atoms with Gasteiger partial charge in [-0.1, -0.05) is 36.4 Å². The number of hydrogen-bond donors (Lipinski definition) is 1. The summed E-state index contributed by atoms with van der Waals surface area (Å²) in [5, 5.41) is 4.50. The molecule has 0 radical (unpaired) electrons. The maximum Gasteiger partial charge on any atom is 0.134 e. The standard InChI is InChI=1S/C15H14N4/c16-13-11-19(10-12-6-2-1-3-7-12)18-15(13)14-8-4-5-9-17-14/h1-9,11H,10,16H2. The molecule has 0 fully saturated rings. The van der Waals surface area contributed by atoms with Crippen molar-refractivity contribution in [1.29, 1.82) is 0 Å². The molecule has 3 rings (SSSR count). The lowest BCUT2D eigenvalue weighted by molar-refractivity contribution is 0.689. The van der Waals surface area contributed by atoms with Gasteiger partial charge in [-0.05, 0) is 17.7 Å². The van der Waals surface area contributed by atoms with Crippen molar-refractivity contribution in [3.63, 3.8) is 0 Å². The first-order valence-electron chi connectivity index (χ1n) is 6.11. The highest BCUT2D eigenvalue weighted by atomic mass is 15.3. The zero-order valence-electron chi connectivity index (χ0n) is 10.4. The lowest BCUT2D eigenvalue weighted by Gasteiger charge is -2.00. The molecule has 3 aromatic rings. The first-order valence-corrected chi connectivity index (χ1v) is 6.11. The lowest BCUT2D eigenvalue weighted by atomic mass is 10.2. The van der Waals surface area contributed by atoms with Crippen molar-refractivity contribution in [2.45, 2.75) is 6.54 Å². The van der Waals surface area contributed by atoms with Crippen LogP contribution in [-0.2, 0) is 6.54 Å². The van der Waals surface area contributed by atoms with Gasteiger partial charge in [0, 0.05) is 12.4 Å². The molecule has 4 heteroatoms. The number of rotatable bonds is 3. The van der Waals surface area contributed by atoms with Crippen LogP contribution in [0.4, 0.5) is 5.69 Å². The van der Waals surface area contributed by atoms with Crippen LogP contribution in [0.2, 0.25) is 0 Å². The summed E-state index contributed by atoms with van der Waals surface area (Å²) < 4.78 is 1.84. The Morgan fingerprint density at radius 1 is 1.00 bits per heavy atom. The van der Waals surface area contributed by atoms with Crippen LogP contribution in [-0.4, -0.2) is 14.8 Å². The second-order valence-electron chi connectivity index (χ2n) is 4.33. The Hall–Kier alpha value is -2.62. The Kier molecular flexibility index (Phi) is 2.98. The Balaban J connectivity index is 1.90. The minimum Gasteiger partial charge on any atom is -0.396 e. The minimum atomic E-state index is 0.648. The van der Waals surface area contributed by atoms with Crippen molar-refractivity contribution >= 4 is 5.69 Å². The van der Waals surface area contributed by atoms with Crippen molar-refractivity contribution in [3.8, 4) is 11.4 Å². The number of hydrogen-bond acceptors (Lipinski definition) is 3. The van der Waals surface area contributed by atoms with Gasteiger partial charge in [0.2, 0.25) is 0 Å². The number of nitrogens with two attached hydrogens (primary N) is 1. The number of nitrogens with zero attached hydrogens (tertiary/aromatic N) is 3. The van der Waals surface area contributed by atoms with Crippen LogP contribution < -0.4 is 5.73 Å². The van der Waals surface area contributed by atoms with Gasteiger partial charge >= 0.3 is 0 Å². The predicted octanol–water partition coefficient (Wildman–Crippen LogP) is 2.58. The monoisotopic (exact) mass is 250 g/mol. The first kappa shape index (κ1) is 11.5. The third-order valence-corrected chi connectivity index (χ3v) is 2.88. The second kappa shape index (κ2) is 4.94. The van der Waals surface area contributed by atoms with Gasteiger partial charge in [-0.15, -0.1) is 0 Å². The molecule has 0 unspecified atom stereocenters. The van der Waals surface area contributed by atoms with Gasteiger partial charge in [-0.25, -0.2) is 0 Å². The Labute approximate surface area is 111 Å². The smallest absolute Gasteiger partial charge is 0.134 e. The average molecular weight is 250 g/mol. The zero-order valence-corrected chi connectivity index (χ0v) is 10.4. The fourth-order valence-electron chi connectivity index (χ4n) is 1.99. The van der Waals surface area contributed by atoms with Gasteiger partial charge < -0.3 is 5.73 Å². The lowest BCUT2D eigenvalue weighted by Crippen LogP contribution is -2.00. The van der Waals surface area contributed by atoms with Gasteiger partial charge in [0.05, 0.1) is 17.9 Å². The Morgan fingerprint density at radius 3 is 2.53 bits per heavy atom. The normalized spacial score (nSPS) is 10.5. The quantitative estimate of drug-likeness (QED) is 0.777. The number of pyridine rings is 1. The van der Waals surface area contributed by atoms with E-state index in [1.165, 1.54) is 5.56 Å². The summed E-state index contributed by atoms with van der Waals surface area (Å²) >= 11 is 0. The molecule has 94 valence electrons. The summed E-state index contributed by atoms with van der Waals surface area (Å²) in [5.74, 6) is 0. The highest BCUT2D eigenvalue weighted by molar-refractivity contribution is 5.68. The summed E-state index contributed by atoms with van der Waals surface area (Å²) in [6.45, 7) is 0.706. The number of nitrogen functional groups attached to an aromatic ring is 1. The van der Waals surface area contributed by atoms with E-state index >= 15 is 0 Å². The van der Waals surface area contributed by atoms with Gasteiger partial charge in [0.25, 0.3) is 0 Å². The average Bonchev–Trinajstić information content (AvgIpc) is 2.82. The molecule has 0 atom stereocenters. The fourth-order valence-corrected chi connectivity index (χ4v) is 1.99. The summed E-state index contributed by atoms with van der Waals surface area (Å²) in [7, 11) is 0. The van der Waals surface area contributed by atoms with Crippen LogP contribution >= 0.6 is 0 Å². The van der Waals surface area contributed by atoms with E-state index in [9.17, 15) is 0 Å². The summed E-state index contributed by atoms with van der Waals surface area (Å²) in [6, 6.07) is 15.9. The zero-order chi connectivity index (χ0) is 13.1. The molecule has 0 saturated carbocycles. The van der Waals surface area contributed by atoms with Gasteiger partial charge in [-0.2, -0.15) is 5.10 Å². The molecule has 1 aromatic carbocycles. The van der Waals surface area contributed by atoms with E-state index in [0.717, 1.165) is 11.4 Å². The molecule has 2 aromatic heterocycles. The van der Waals surface area contributed by atoms with Crippen molar-refractivity contribution in [2.75, 3.05) is 5.73 Å². The van der Waals surface area contributed by atoms with E-state index in [-0.39, 0.29) is 0 Å². The van der Waals surface area contributed by atoms with E-state index in [1.807, 2.05) is 47.3 Å². The van der Waals surface area contributed by atoms with Crippen molar-refractivity contribution < 1.29 is 0 Å². The van der Waals surface area contributed by atoms with E-state index in [0.29, 0.717) is 12.2 Å². The molecule has 4 nitrogen and oxygen atoms in total. The van der Waals surface area contributed by atoms with Crippen molar-refractivity contribution in [1.82, 2.24) is 14.8 Å². The summed E-state index contributed by atoms with van der Waals surface area (Å²) in [4.78, 5) is 4.27. The molecule has 19 heavy (non-hydrogen) atoms. The van der Waals surface area contributed by atoms with Crippen LogP contribution in [0.3, 0.4) is 0 Å². The molecule has 0 aliphatic carbocycles. The highest BCUT2D eigenvalue weighted by Crippen LogP contribution is 2.21. The highest BCUT2D eigenvalue weighted by Gasteiger charge is 2.09. The molecule has 0 amide bonds. The molecule has 0 bridgehead atoms. The fraction of sp³-hybridized carbons (Fsp3) is 0.0667. The van der Waals surface area contributed by atoms with Crippen molar-refractivity contribution in [3.05, 3.63) is 66.5 Å². The SMILES string of the molecule is Nc1cn(Cc2ccccc2)nc1-c1ccccn1. The second-order valence-corrected chi connectivity index (χ2v) is 4.33. The van der Waals surface area contributed by atoms with Gasteiger partial charge in [0.1, 0.15) is 5.69 Å². The number of anilines is 1. The first-order chi connectivity index (χ1) is 9.33. The summed E-state index contributed by atoms with van der Waals surface area (Å²) in [5.41, 5.74) is 9.37. The van der Waals surface area contributed by atoms with E-state index in [4.69, 9.17) is 5.73 Å². The van der Waals surface area contributed by atoms with Crippen LogP contribution in [0.15, 0.2) is 60.9 Å². The van der Waals surface area contributed by atoms with Crippen LogP contribution in [0.5, 0.6) is 0 Å². The van der Waals surface area contributed by atoms with Gasteiger partial charge in [-0.3, -0.25) is 9.67 Å². The minimum absolute atomic E-state index is 0.648. The van der Waals surface area contributed by atoms with E-state index < -0.39 is 0 Å². The molecular formula is C15H14N4. The maximum absolute atomic E-state index is 6.00. The van der Waals surface area contributed by atoms with Gasteiger partial charge in [0.15, 0.2) is 0 Å².